The van der Waals surface area contributed by atoms with Crippen LogP contribution in [0.3, 0.4) is 0 Å². The van der Waals surface area contributed by atoms with E-state index in [4.69, 9.17) is 0 Å². The lowest BCUT2D eigenvalue weighted by Crippen LogP contribution is -2.57. The van der Waals surface area contributed by atoms with Crippen molar-refractivity contribution in [2.24, 2.45) is 0 Å². The fraction of sp³-hybridized carbons (Fsp3) is 0.444. The molecule has 1 aliphatic carbocycles. The number of benzene rings is 2. The summed E-state index contributed by atoms with van der Waals surface area (Å²) in [6, 6.07) is 13.6. The smallest absolute Gasteiger partial charge is 0.269 e. The Labute approximate surface area is 219 Å². The largest absolute Gasteiger partial charge is 0.370 e. The van der Waals surface area contributed by atoms with Gasteiger partial charge in [-0.15, -0.1) is 0 Å². The number of nitro groups is 1. The number of halogens is 1. The molecule has 1 saturated heterocycles. The number of rotatable bonds is 7. The van der Waals surface area contributed by atoms with Crippen LogP contribution in [0.4, 0.5) is 11.4 Å². The maximum absolute atomic E-state index is 13.0. The van der Waals surface area contributed by atoms with E-state index >= 15 is 0 Å². The number of hydrogen-bond acceptors (Lipinski definition) is 5. The SMILES string of the molecule is O=C(Cc1c[nH]c2ccc(Br)cc12)N[C@@H]1CCCC[C@H]1NC1CCCN(c2ccc([N+](=O)[O-])cc2)C1. The Kier molecular flexibility index (Phi) is 7.57. The lowest BCUT2D eigenvalue weighted by molar-refractivity contribution is -0.384. The number of carbonyl (C=O) groups excluding carboxylic acids is 1. The molecule has 0 bridgehead atoms. The van der Waals surface area contributed by atoms with Gasteiger partial charge in [-0.05, 0) is 61.6 Å². The highest BCUT2D eigenvalue weighted by atomic mass is 79.9. The van der Waals surface area contributed by atoms with Crippen molar-refractivity contribution in [3.8, 4) is 0 Å². The van der Waals surface area contributed by atoms with Crippen molar-refractivity contribution in [3.63, 3.8) is 0 Å². The highest BCUT2D eigenvalue weighted by molar-refractivity contribution is 9.10. The summed E-state index contributed by atoms with van der Waals surface area (Å²) in [5.74, 6) is 0.0609. The molecule has 2 aliphatic rings. The molecule has 2 fully saturated rings. The molecule has 190 valence electrons. The van der Waals surface area contributed by atoms with Gasteiger partial charge in [0.25, 0.3) is 5.69 Å². The molecule has 2 aromatic carbocycles. The molecule has 1 saturated carbocycles. The van der Waals surface area contributed by atoms with E-state index in [0.717, 1.165) is 71.8 Å². The molecule has 2 heterocycles. The van der Waals surface area contributed by atoms with E-state index in [2.05, 4.69) is 42.5 Å². The molecule has 3 N–H and O–H groups in total. The zero-order chi connectivity index (χ0) is 25.1. The Morgan fingerprint density at radius 2 is 1.86 bits per heavy atom. The van der Waals surface area contributed by atoms with Gasteiger partial charge in [-0.25, -0.2) is 0 Å². The number of aromatic nitrogens is 1. The molecule has 3 atom stereocenters. The Morgan fingerprint density at radius 1 is 1.08 bits per heavy atom. The molecule has 8 nitrogen and oxygen atoms in total. The topological polar surface area (TPSA) is 103 Å². The minimum Gasteiger partial charge on any atom is -0.370 e. The monoisotopic (exact) mass is 553 g/mol. The van der Waals surface area contributed by atoms with Crippen LogP contribution in [-0.2, 0) is 11.2 Å². The summed E-state index contributed by atoms with van der Waals surface area (Å²) in [7, 11) is 0. The molecular formula is C27H32BrN5O3. The first-order chi connectivity index (χ1) is 17.5. The van der Waals surface area contributed by atoms with E-state index in [0.29, 0.717) is 12.5 Å². The van der Waals surface area contributed by atoms with Crippen LogP contribution < -0.4 is 15.5 Å². The number of anilines is 1. The van der Waals surface area contributed by atoms with Crippen molar-refractivity contribution in [1.29, 1.82) is 0 Å². The molecular weight excluding hydrogens is 522 g/mol. The van der Waals surface area contributed by atoms with Crippen molar-refractivity contribution in [2.45, 2.75) is 63.1 Å². The van der Waals surface area contributed by atoms with E-state index in [1.807, 2.05) is 30.5 Å². The second-order valence-corrected chi connectivity index (χ2v) is 10.9. The summed E-state index contributed by atoms with van der Waals surface area (Å²) in [4.78, 5) is 29.2. The van der Waals surface area contributed by atoms with Crippen molar-refractivity contribution in [1.82, 2.24) is 15.6 Å². The number of fused-ring (bicyclic) bond motifs is 1. The lowest BCUT2D eigenvalue weighted by Gasteiger charge is -2.40. The summed E-state index contributed by atoms with van der Waals surface area (Å²) in [6.45, 7) is 1.81. The first-order valence-electron chi connectivity index (χ1n) is 12.8. The second-order valence-electron chi connectivity index (χ2n) is 9.97. The molecule has 9 heteroatoms. The average Bonchev–Trinajstić information content (AvgIpc) is 3.27. The van der Waals surface area contributed by atoms with E-state index in [-0.39, 0.29) is 28.6 Å². The normalized spacial score (nSPS) is 22.5. The Hall–Kier alpha value is -2.91. The molecule has 3 aromatic rings. The molecule has 1 amide bonds. The van der Waals surface area contributed by atoms with Crippen LogP contribution in [0, 0.1) is 10.1 Å². The summed E-state index contributed by atoms with van der Waals surface area (Å²) < 4.78 is 1.00. The van der Waals surface area contributed by atoms with Gasteiger partial charge in [-0.2, -0.15) is 0 Å². The number of nitrogens with one attached hydrogen (secondary N) is 3. The number of piperidine rings is 1. The highest BCUT2D eigenvalue weighted by Crippen LogP contribution is 2.26. The van der Waals surface area contributed by atoms with Gasteiger partial charge in [0.2, 0.25) is 5.91 Å². The summed E-state index contributed by atoms with van der Waals surface area (Å²) in [5, 5.41) is 19.2. The first-order valence-corrected chi connectivity index (χ1v) is 13.6. The van der Waals surface area contributed by atoms with Crippen molar-refractivity contribution in [2.75, 3.05) is 18.0 Å². The summed E-state index contributed by atoms with van der Waals surface area (Å²) >= 11 is 3.53. The van der Waals surface area contributed by atoms with Crippen molar-refractivity contribution < 1.29 is 9.72 Å². The highest BCUT2D eigenvalue weighted by Gasteiger charge is 2.30. The zero-order valence-corrected chi connectivity index (χ0v) is 21.8. The fourth-order valence-electron chi connectivity index (χ4n) is 5.67. The van der Waals surface area contributed by atoms with Crippen molar-refractivity contribution >= 4 is 44.1 Å². The van der Waals surface area contributed by atoms with Crippen LogP contribution in [-0.4, -0.2) is 47.0 Å². The molecule has 1 aromatic heterocycles. The summed E-state index contributed by atoms with van der Waals surface area (Å²) in [5.41, 5.74) is 3.18. The van der Waals surface area contributed by atoms with Crippen LogP contribution in [0.25, 0.3) is 10.9 Å². The standard InChI is InChI=1S/C27H32BrN5O3/c28-19-7-12-24-23(15-19)18(16-29-24)14-27(34)31-26-6-2-1-5-25(26)30-20-4-3-13-32(17-20)21-8-10-22(11-9-21)33(35)36/h7-12,15-16,20,25-26,29-30H,1-6,13-14,17H2,(H,31,34)/t20?,25-,26-/m1/s1. The quantitative estimate of drug-likeness (QED) is 0.280. The van der Waals surface area contributed by atoms with Gasteiger partial charge in [0.1, 0.15) is 0 Å². The van der Waals surface area contributed by atoms with Gasteiger partial charge in [0.15, 0.2) is 0 Å². The molecule has 1 unspecified atom stereocenters. The number of H-pyrrole nitrogens is 1. The van der Waals surface area contributed by atoms with E-state index in [1.165, 1.54) is 6.42 Å². The third-order valence-corrected chi connectivity index (χ3v) is 7.98. The third-order valence-electron chi connectivity index (χ3n) is 7.49. The van der Waals surface area contributed by atoms with Gasteiger partial charge in [-0.3, -0.25) is 14.9 Å². The Bertz CT molecular complexity index is 1230. The predicted molar refractivity (Wildman–Crippen MR) is 145 cm³/mol. The first kappa shape index (κ1) is 24.8. The van der Waals surface area contributed by atoms with Crippen LogP contribution in [0.5, 0.6) is 0 Å². The molecule has 1 aliphatic heterocycles. The van der Waals surface area contributed by atoms with Crippen LogP contribution in [0.2, 0.25) is 0 Å². The zero-order valence-electron chi connectivity index (χ0n) is 20.2. The number of nitro benzene ring substituents is 1. The average molecular weight is 554 g/mol. The number of amides is 1. The van der Waals surface area contributed by atoms with E-state index in [9.17, 15) is 14.9 Å². The van der Waals surface area contributed by atoms with Gasteiger partial charge < -0.3 is 20.5 Å². The van der Waals surface area contributed by atoms with Crippen LogP contribution >= 0.6 is 15.9 Å². The fourth-order valence-corrected chi connectivity index (χ4v) is 6.03. The Morgan fingerprint density at radius 3 is 2.64 bits per heavy atom. The minimum atomic E-state index is -0.362. The number of non-ortho nitro benzene ring substituents is 1. The molecule has 0 radical (unpaired) electrons. The van der Waals surface area contributed by atoms with E-state index in [1.54, 1.807) is 12.1 Å². The summed E-state index contributed by atoms with van der Waals surface area (Å²) in [6.07, 6.45) is 8.78. The van der Waals surface area contributed by atoms with Gasteiger partial charge in [0.05, 0.1) is 11.3 Å². The molecule has 5 rings (SSSR count). The van der Waals surface area contributed by atoms with Crippen molar-refractivity contribution in [3.05, 3.63) is 68.8 Å². The van der Waals surface area contributed by atoms with Gasteiger partial charge >= 0.3 is 0 Å². The van der Waals surface area contributed by atoms with Crippen LogP contribution in [0.15, 0.2) is 53.1 Å². The second kappa shape index (κ2) is 11.0. The maximum atomic E-state index is 13.0. The maximum Gasteiger partial charge on any atom is 0.269 e. The van der Waals surface area contributed by atoms with Crippen LogP contribution in [0.1, 0.15) is 44.1 Å². The number of hydrogen-bond donors (Lipinski definition) is 3. The molecule has 36 heavy (non-hydrogen) atoms. The number of carbonyl (C=O) groups is 1. The Balaban J connectivity index is 1.19. The molecule has 0 spiro atoms. The van der Waals surface area contributed by atoms with Gasteiger partial charge in [0, 0.05) is 70.6 Å². The number of aromatic amines is 1. The number of nitrogens with zero attached hydrogens (tertiary/aromatic N) is 2. The minimum absolute atomic E-state index is 0.0609. The predicted octanol–water partition coefficient (Wildman–Crippen LogP) is 5.07. The third kappa shape index (κ3) is 5.73. The van der Waals surface area contributed by atoms with E-state index < -0.39 is 0 Å². The van der Waals surface area contributed by atoms with Gasteiger partial charge in [-0.1, -0.05) is 28.8 Å². The lowest BCUT2D eigenvalue weighted by atomic mass is 9.88.